The maximum atomic E-state index is 15.0. The SMILES string of the molecule is O=C(Nc1cccc(F)c1)N[C@](Cc1ccccc1)(c1cc(F)cc(OCC(F)(F)C(F)F)c1)c1ccc(Cl)cn1. The van der Waals surface area contributed by atoms with Gasteiger partial charge in [-0.05, 0) is 53.6 Å². The molecule has 214 valence electrons. The molecule has 0 fully saturated rings. The number of carbonyl (C=O) groups excluding carboxylic acids is 1. The van der Waals surface area contributed by atoms with Crippen LogP contribution in [0, 0.1) is 11.6 Å². The van der Waals surface area contributed by atoms with E-state index in [0.717, 1.165) is 24.3 Å². The third-order valence-electron chi connectivity index (χ3n) is 6.00. The summed E-state index contributed by atoms with van der Waals surface area (Å²) in [5.74, 6) is -6.55. The average Bonchev–Trinajstić information content (AvgIpc) is 2.92. The number of amides is 2. The fourth-order valence-corrected chi connectivity index (χ4v) is 4.22. The molecule has 0 saturated carbocycles. The first-order valence-electron chi connectivity index (χ1n) is 12.1. The van der Waals surface area contributed by atoms with Crippen molar-refractivity contribution in [1.29, 1.82) is 0 Å². The van der Waals surface area contributed by atoms with E-state index >= 15 is 0 Å². The number of halogens is 7. The van der Waals surface area contributed by atoms with Crippen LogP contribution >= 0.6 is 11.6 Å². The standard InChI is InChI=1S/C29H22ClF6N3O2/c30-20-9-10-25(37-16-20)28(15-18-5-2-1-3-6-18,39-27(40)38-23-8-4-7-21(31)13-23)19-11-22(32)14-24(12-19)41-17-29(35,36)26(33)34/h1-14,16,26H,15,17H2,(H2,38,39,40)/t28-/m1/s1. The zero-order chi connectivity index (χ0) is 29.6. The number of nitrogens with one attached hydrogen (secondary N) is 2. The lowest BCUT2D eigenvalue weighted by Crippen LogP contribution is -2.50. The molecule has 4 aromatic rings. The summed E-state index contributed by atoms with van der Waals surface area (Å²) in [6.45, 7) is -1.72. The molecule has 0 radical (unpaired) electrons. The minimum atomic E-state index is -4.49. The summed E-state index contributed by atoms with van der Waals surface area (Å²) in [4.78, 5) is 17.7. The number of anilines is 1. The van der Waals surface area contributed by atoms with Gasteiger partial charge in [-0.1, -0.05) is 48.0 Å². The maximum Gasteiger partial charge on any atom is 0.340 e. The van der Waals surface area contributed by atoms with E-state index in [0.29, 0.717) is 5.56 Å². The molecule has 1 aromatic heterocycles. The number of benzene rings is 3. The van der Waals surface area contributed by atoms with Crippen molar-refractivity contribution >= 4 is 23.3 Å². The zero-order valence-electron chi connectivity index (χ0n) is 21.1. The predicted molar refractivity (Wildman–Crippen MR) is 142 cm³/mol. The number of ether oxygens (including phenoxy) is 1. The van der Waals surface area contributed by atoms with E-state index in [2.05, 4.69) is 15.6 Å². The van der Waals surface area contributed by atoms with Crippen LogP contribution < -0.4 is 15.4 Å². The lowest BCUT2D eigenvalue weighted by atomic mass is 9.80. The van der Waals surface area contributed by atoms with E-state index in [-0.39, 0.29) is 28.4 Å². The van der Waals surface area contributed by atoms with E-state index in [1.807, 2.05) is 0 Å². The Kier molecular flexibility index (Phi) is 9.07. The Bertz CT molecular complexity index is 1490. The highest BCUT2D eigenvalue weighted by Gasteiger charge is 2.42. The van der Waals surface area contributed by atoms with Gasteiger partial charge >= 0.3 is 18.4 Å². The van der Waals surface area contributed by atoms with E-state index in [9.17, 15) is 31.1 Å². The molecule has 41 heavy (non-hydrogen) atoms. The Labute approximate surface area is 236 Å². The molecule has 0 unspecified atom stereocenters. The second-order valence-electron chi connectivity index (χ2n) is 9.04. The lowest BCUT2D eigenvalue weighted by Gasteiger charge is -2.35. The number of alkyl halides is 4. The topological polar surface area (TPSA) is 63.2 Å². The Balaban J connectivity index is 1.84. The van der Waals surface area contributed by atoms with Gasteiger partial charge in [-0.25, -0.2) is 22.4 Å². The van der Waals surface area contributed by atoms with Crippen molar-refractivity contribution in [3.05, 3.63) is 125 Å². The van der Waals surface area contributed by atoms with E-state index in [4.69, 9.17) is 16.3 Å². The van der Waals surface area contributed by atoms with Gasteiger partial charge in [0.15, 0.2) is 6.61 Å². The zero-order valence-corrected chi connectivity index (χ0v) is 21.8. The first kappa shape index (κ1) is 29.7. The summed E-state index contributed by atoms with van der Waals surface area (Å²) < 4.78 is 86.2. The van der Waals surface area contributed by atoms with Crippen molar-refractivity contribution in [3.8, 4) is 5.75 Å². The summed E-state index contributed by atoms with van der Waals surface area (Å²) in [7, 11) is 0. The molecule has 4 rings (SSSR count). The first-order valence-corrected chi connectivity index (χ1v) is 12.5. The summed E-state index contributed by atoms with van der Waals surface area (Å²) in [6.07, 6.45) is -2.75. The van der Waals surface area contributed by atoms with Crippen LogP contribution in [0.2, 0.25) is 5.02 Å². The van der Waals surface area contributed by atoms with Gasteiger partial charge in [0.05, 0.1) is 10.7 Å². The number of hydrogen-bond donors (Lipinski definition) is 2. The average molecular weight is 594 g/mol. The molecule has 0 aliphatic carbocycles. The van der Waals surface area contributed by atoms with Crippen LogP contribution in [0.5, 0.6) is 5.75 Å². The molecule has 0 saturated heterocycles. The number of nitrogens with zero attached hydrogens (tertiary/aromatic N) is 1. The molecule has 1 atom stereocenters. The Morgan fingerprint density at radius 2 is 1.68 bits per heavy atom. The number of hydrogen-bond acceptors (Lipinski definition) is 3. The summed E-state index contributed by atoms with van der Waals surface area (Å²) in [5, 5.41) is 5.54. The minimum Gasteiger partial charge on any atom is -0.487 e. The number of urea groups is 1. The number of pyridine rings is 1. The molecular formula is C29H22ClF6N3O2. The largest absolute Gasteiger partial charge is 0.487 e. The van der Waals surface area contributed by atoms with Crippen molar-refractivity contribution in [2.24, 2.45) is 0 Å². The van der Waals surface area contributed by atoms with Crippen molar-refractivity contribution in [3.63, 3.8) is 0 Å². The molecule has 1 heterocycles. The molecule has 5 nitrogen and oxygen atoms in total. The second kappa shape index (κ2) is 12.5. The molecule has 3 aromatic carbocycles. The fourth-order valence-electron chi connectivity index (χ4n) is 4.11. The van der Waals surface area contributed by atoms with Gasteiger partial charge in [0.2, 0.25) is 0 Å². The van der Waals surface area contributed by atoms with Crippen LogP contribution in [-0.4, -0.2) is 30.0 Å². The molecule has 0 aliphatic rings. The van der Waals surface area contributed by atoms with Gasteiger partial charge in [-0.3, -0.25) is 4.98 Å². The highest BCUT2D eigenvalue weighted by atomic mass is 35.5. The van der Waals surface area contributed by atoms with Crippen molar-refractivity contribution in [2.45, 2.75) is 24.3 Å². The maximum absolute atomic E-state index is 15.0. The van der Waals surface area contributed by atoms with E-state index in [1.54, 1.807) is 30.3 Å². The monoisotopic (exact) mass is 593 g/mol. The van der Waals surface area contributed by atoms with Crippen LogP contribution in [-0.2, 0) is 12.0 Å². The Morgan fingerprint density at radius 3 is 2.34 bits per heavy atom. The summed E-state index contributed by atoms with van der Waals surface area (Å²) in [5.41, 5.74) is -0.797. The molecule has 0 bridgehead atoms. The smallest absolute Gasteiger partial charge is 0.340 e. The molecule has 12 heteroatoms. The van der Waals surface area contributed by atoms with Gasteiger partial charge in [-0.2, -0.15) is 8.78 Å². The number of aromatic nitrogens is 1. The van der Waals surface area contributed by atoms with Crippen molar-refractivity contribution in [1.82, 2.24) is 10.3 Å². The van der Waals surface area contributed by atoms with Crippen LogP contribution in [0.1, 0.15) is 16.8 Å². The van der Waals surface area contributed by atoms with E-state index in [1.165, 1.54) is 36.5 Å². The van der Waals surface area contributed by atoms with Crippen molar-refractivity contribution < 1.29 is 35.9 Å². The summed E-state index contributed by atoms with van der Waals surface area (Å²) >= 11 is 6.05. The molecule has 2 N–H and O–H groups in total. The number of rotatable bonds is 10. The third-order valence-corrected chi connectivity index (χ3v) is 6.22. The third kappa shape index (κ3) is 7.49. The Morgan fingerprint density at radius 1 is 0.927 bits per heavy atom. The normalized spacial score (nSPS) is 13.0. The fraction of sp³-hybridized carbons (Fsp3) is 0.172. The van der Waals surface area contributed by atoms with Gasteiger partial charge in [0.1, 0.15) is 22.9 Å². The highest BCUT2D eigenvalue weighted by molar-refractivity contribution is 6.30. The van der Waals surface area contributed by atoms with Crippen LogP contribution in [0.3, 0.4) is 0 Å². The predicted octanol–water partition coefficient (Wildman–Crippen LogP) is 7.60. The van der Waals surface area contributed by atoms with Crippen LogP contribution in [0.4, 0.5) is 36.8 Å². The lowest BCUT2D eigenvalue weighted by molar-refractivity contribution is -0.148. The minimum absolute atomic E-state index is 0.0130. The molecule has 0 aliphatic heterocycles. The van der Waals surface area contributed by atoms with Gasteiger partial charge in [0, 0.05) is 24.4 Å². The Hall–Kier alpha value is -4.25. The van der Waals surface area contributed by atoms with Crippen LogP contribution in [0.25, 0.3) is 0 Å². The van der Waals surface area contributed by atoms with Gasteiger partial charge in [-0.15, -0.1) is 0 Å². The van der Waals surface area contributed by atoms with E-state index < -0.39 is 47.9 Å². The van der Waals surface area contributed by atoms with Crippen LogP contribution in [0.15, 0.2) is 91.1 Å². The summed E-state index contributed by atoms with van der Waals surface area (Å²) in [6, 6.07) is 18.8. The molecule has 2 amide bonds. The quantitative estimate of drug-likeness (QED) is 0.186. The number of carbonyl (C=O) groups is 1. The molecular weight excluding hydrogens is 572 g/mol. The van der Waals surface area contributed by atoms with Gasteiger partial charge in [0.25, 0.3) is 0 Å². The van der Waals surface area contributed by atoms with Crippen molar-refractivity contribution in [2.75, 3.05) is 11.9 Å². The van der Waals surface area contributed by atoms with Gasteiger partial charge < -0.3 is 15.4 Å². The molecule has 0 spiro atoms. The second-order valence-corrected chi connectivity index (χ2v) is 9.48. The highest BCUT2D eigenvalue weighted by Crippen LogP contribution is 2.36. The first-order chi connectivity index (χ1) is 19.5.